The third kappa shape index (κ3) is 1.88. The molecule has 3 aromatic carbocycles. The second kappa shape index (κ2) is 4.95. The molecule has 0 heteroatoms. The van der Waals surface area contributed by atoms with Gasteiger partial charge in [-0.2, -0.15) is 0 Å². The predicted molar refractivity (Wildman–Crippen MR) is 108 cm³/mol. The molecule has 2 aliphatic carbocycles. The van der Waals surface area contributed by atoms with Crippen LogP contribution in [0.3, 0.4) is 0 Å². The molecule has 0 amide bonds. The molecule has 0 saturated carbocycles. The first-order chi connectivity index (χ1) is 12.1. The number of benzene rings is 3. The van der Waals surface area contributed by atoms with Gasteiger partial charge < -0.3 is 0 Å². The van der Waals surface area contributed by atoms with Crippen LogP contribution >= 0.6 is 0 Å². The highest BCUT2D eigenvalue weighted by Gasteiger charge is 2.39. The maximum atomic E-state index is 2.39. The molecule has 0 N–H and O–H groups in total. The molecular weight excluding hydrogens is 300 g/mol. The van der Waals surface area contributed by atoms with Crippen LogP contribution in [0.2, 0.25) is 0 Å². The fourth-order valence-electron chi connectivity index (χ4n) is 4.81. The Bertz CT molecular complexity index is 1090. The smallest absolute Gasteiger partial charge is 0.0165 e. The predicted octanol–water partition coefficient (Wildman–Crippen LogP) is 6.58. The summed E-state index contributed by atoms with van der Waals surface area (Å²) in [6, 6.07) is 15.9. The standard InChI is InChI=1S/C25H22/c1-16-13-14-21-22(15-16)25(2,3)24-20-12-8-7-10-18(20)17-9-5-4-6-11-19(17)23(21)24/h4-10,12-15H,11H2,1-3H3. The van der Waals surface area contributed by atoms with E-state index in [1.54, 1.807) is 0 Å². The second-order valence-electron chi connectivity index (χ2n) is 7.85. The monoisotopic (exact) mass is 322 g/mol. The fourth-order valence-corrected chi connectivity index (χ4v) is 4.81. The molecular formula is C25H22. The quantitative estimate of drug-likeness (QED) is 0.438. The normalized spacial score (nSPS) is 16.4. The molecule has 0 nitrogen and oxygen atoms in total. The van der Waals surface area contributed by atoms with Crippen LogP contribution in [0.15, 0.2) is 60.7 Å². The van der Waals surface area contributed by atoms with Gasteiger partial charge in [-0.05, 0) is 57.5 Å². The summed E-state index contributed by atoms with van der Waals surface area (Å²) < 4.78 is 0. The van der Waals surface area contributed by atoms with Gasteiger partial charge in [0.25, 0.3) is 0 Å². The largest absolute Gasteiger partial charge is 0.0801 e. The number of hydrogen-bond donors (Lipinski definition) is 0. The lowest BCUT2D eigenvalue weighted by molar-refractivity contribution is 0.665. The van der Waals surface area contributed by atoms with E-state index in [0.29, 0.717) is 0 Å². The van der Waals surface area contributed by atoms with Gasteiger partial charge >= 0.3 is 0 Å². The molecule has 0 atom stereocenters. The lowest BCUT2D eigenvalue weighted by atomic mass is 9.78. The Kier molecular flexibility index (Phi) is 2.92. The van der Waals surface area contributed by atoms with Crippen LogP contribution in [0.4, 0.5) is 0 Å². The Hall–Kier alpha value is -2.60. The van der Waals surface area contributed by atoms with Crippen molar-refractivity contribution in [3.63, 3.8) is 0 Å². The van der Waals surface area contributed by atoms with Gasteiger partial charge in [0.15, 0.2) is 0 Å². The average Bonchev–Trinajstić information content (AvgIpc) is 2.77. The molecule has 0 fully saturated rings. The molecule has 0 spiro atoms. The van der Waals surface area contributed by atoms with Crippen molar-refractivity contribution >= 4 is 16.8 Å². The van der Waals surface area contributed by atoms with Gasteiger partial charge in [0.1, 0.15) is 0 Å². The van der Waals surface area contributed by atoms with Crippen molar-refractivity contribution in [2.75, 3.05) is 0 Å². The molecule has 0 aliphatic heterocycles. The van der Waals surface area contributed by atoms with Crippen LogP contribution < -0.4 is 0 Å². The van der Waals surface area contributed by atoms with E-state index in [2.05, 4.69) is 87.5 Å². The minimum Gasteiger partial charge on any atom is -0.0801 e. The summed E-state index contributed by atoms with van der Waals surface area (Å²) in [7, 11) is 0. The maximum absolute atomic E-state index is 2.39. The Balaban J connectivity index is 2.03. The zero-order valence-electron chi connectivity index (χ0n) is 15.1. The number of hydrogen-bond acceptors (Lipinski definition) is 0. The number of rotatable bonds is 0. The van der Waals surface area contributed by atoms with E-state index in [4.69, 9.17) is 0 Å². The summed E-state index contributed by atoms with van der Waals surface area (Å²) in [6.07, 6.45) is 9.94. The SMILES string of the molecule is Cc1ccc2c(c1)C(C)(C)c1c-2c2c(c3ccccc13)C=CC=CC2. The van der Waals surface area contributed by atoms with Crippen LogP contribution in [0.25, 0.3) is 28.0 Å². The first kappa shape index (κ1) is 14.7. The first-order valence-electron chi connectivity index (χ1n) is 9.12. The molecule has 0 saturated heterocycles. The minimum atomic E-state index is 0.0328. The maximum Gasteiger partial charge on any atom is 0.0165 e. The number of allylic oxidation sites excluding steroid dienone is 3. The molecule has 25 heavy (non-hydrogen) atoms. The number of aryl methyl sites for hydroxylation is 1. The lowest BCUT2D eigenvalue weighted by Gasteiger charge is -2.25. The van der Waals surface area contributed by atoms with E-state index in [1.807, 2.05) is 0 Å². The van der Waals surface area contributed by atoms with E-state index in [-0.39, 0.29) is 5.41 Å². The molecule has 0 aromatic heterocycles. The van der Waals surface area contributed by atoms with Gasteiger partial charge in [0, 0.05) is 5.41 Å². The second-order valence-corrected chi connectivity index (χ2v) is 7.85. The third-order valence-corrected chi connectivity index (χ3v) is 5.94. The van der Waals surface area contributed by atoms with E-state index in [1.165, 1.54) is 49.7 Å². The first-order valence-corrected chi connectivity index (χ1v) is 9.12. The van der Waals surface area contributed by atoms with Gasteiger partial charge in [-0.1, -0.05) is 86.2 Å². The molecule has 0 heterocycles. The molecule has 2 aliphatic rings. The summed E-state index contributed by atoms with van der Waals surface area (Å²) in [4.78, 5) is 0. The summed E-state index contributed by atoms with van der Waals surface area (Å²) in [6.45, 7) is 6.97. The zero-order valence-corrected chi connectivity index (χ0v) is 15.1. The molecule has 0 radical (unpaired) electrons. The topological polar surface area (TPSA) is 0 Å². The van der Waals surface area contributed by atoms with Crippen molar-refractivity contribution in [3.05, 3.63) is 88.5 Å². The third-order valence-electron chi connectivity index (χ3n) is 5.94. The van der Waals surface area contributed by atoms with Crippen LogP contribution in [0.5, 0.6) is 0 Å². The fraction of sp³-hybridized carbons (Fsp3) is 0.200. The van der Waals surface area contributed by atoms with Crippen molar-refractivity contribution in [2.24, 2.45) is 0 Å². The van der Waals surface area contributed by atoms with Crippen LogP contribution in [0.1, 0.15) is 41.7 Å². The van der Waals surface area contributed by atoms with Gasteiger partial charge in [-0.25, -0.2) is 0 Å². The minimum absolute atomic E-state index is 0.0328. The lowest BCUT2D eigenvalue weighted by Crippen LogP contribution is -2.16. The molecule has 0 unspecified atom stereocenters. The molecule has 0 bridgehead atoms. The van der Waals surface area contributed by atoms with Crippen molar-refractivity contribution in [2.45, 2.75) is 32.6 Å². The summed E-state index contributed by atoms with van der Waals surface area (Å²) in [5.74, 6) is 0. The van der Waals surface area contributed by atoms with E-state index in [0.717, 1.165) is 6.42 Å². The van der Waals surface area contributed by atoms with Gasteiger partial charge in [0.2, 0.25) is 0 Å². The number of fused-ring (bicyclic) bond motifs is 8. The average molecular weight is 322 g/mol. The summed E-state index contributed by atoms with van der Waals surface area (Å²) >= 11 is 0. The van der Waals surface area contributed by atoms with Crippen LogP contribution in [-0.2, 0) is 11.8 Å². The molecule has 3 aromatic rings. The Morgan fingerprint density at radius 2 is 1.72 bits per heavy atom. The van der Waals surface area contributed by atoms with E-state index in [9.17, 15) is 0 Å². The van der Waals surface area contributed by atoms with Gasteiger partial charge in [-0.3, -0.25) is 0 Å². The molecule has 5 rings (SSSR count). The highest BCUT2D eigenvalue weighted by molar-refractivity contribution is 6.04. The van der Waals surface area contributed by atoms with Crippen LogP contribution in [-0.4, -0.2) is 0 Å². The van der Waals surface area contributed by atoms with Crippen molar-refractivity contribution in [1.29, 1.82) is 0 Å². The Labute approximate surface area is 149 Å². The summed E-state index contributed by atoms with van der Waals surface area (Å²) in [5.41, 5.74) is 10.1. The van der Waals surface area contributed by atoms with Gasteiger partial charge in [-0.15, -0.1) is 0 Å². The Morgan fingerprint density at radius 1 is 0.920 bits per heavy atom. The van der Waals surface area contributed by atoms with Gasteiger partial charge in [0.05, 0.1) is 0 Å². The highest BCUT2D eigenvalue weighted by atomic mass is 14.4. The Morgan fingerprint density at radius 3 is 2.56 bits per heavy atom. The van der Waals surface area contributed by atoms with Crippen molar-refractivity contribution < 1.29 is 0 Å². The van der Waals surface area contributed by atoms with E-state index < -0.39 is 0 Å². The van der Waals surface area contributed by atoms with Crippen molar-refractivity contribution in [1.82, 2.24) is 0 Å². The van der Waals surface area contributed by atoms with Crippen LogP contribution in [0, 0.1) is 6.92 Å². The van der Waals surface area contributed by atoms with E-state index >= 15 is 0 Å². The molecule has 122 valence electrons. The highest BCUT2D eigenvalue weighted by Crippen LogP contribution is 2.54. The van der Waals surface area contributed by atoms with Crippen molar-refractivity contribution in [3.8, 4) is 11.1 Å². The zero-order chi connectivity index (χ0) is 17.2. The summed E-state index contributed by atoms with van der Waals surface area (Å²) in [5, 5.41) is 2.79.